The normalized spacial score (nSPS) is 10.2. The number of hydrogen-bond acceptors (Lipinski definition) is 7. The predicted molar refractivity (Wildman–Crippen MR) is 116 cm³/mol. The summed E-state index contributed by atoms with van der Waals surface area (Å²) in [7, 11) is 0. The molecule has 0 radical (unpaired) electrons. The Balaban J connectivity index is 0.00000225. The first kappa shape index (κ1) is 20.0. The molecule has 4 aromatic rings. The van der Waals surface area contributed by atoms with Crippen molar-refractivity contribution < 1.29 is 4.74 Å². The van der Waals surface area contributed by atoms with Gasteiger partial charge in [-0.15, -0.1) is 12.4 Å². The quantitative estimate of drug-likeness (QED) is 0.391. The summed E-state index contributed by atoms with van der Waals surface area (Å²) in [4.78, 5) is 14.1. The molecule has 0 amide bonds. The number of nitrogens with zero attached hydrogens (tertiary/aromatic N) is 4. The Hall–Kier alpha value is -2.73. The van der Waals surface area contributed by atoms with Crippen LogP contribution in [-0.4, -0.2) is 15.0 Å². The van der Waals surface area contributed by atoms with E-state index < -0.39 is 0 Å². The van der Waals surface area contributed by atoms with Crippen LogP contribution in [0.15, 0.2) is 53.3 Å². The van der Waals surface area contributed by atoms with E-state index in [0.717, 1.165) is 20.4 Å². The van der Waals surface area contributed by atoms with Gasteiger partial charge in [0.15, 0.2) is 16.7 Å². The summed E-state index contributed by atoms with van der Waals surface area (Å²) in [5, 5.41) is 12.9. The first-order valence-corrected chi connectivity index (χ1v) is 9.56. The number of anilines is 2. The Morgan fingerprint density at radius 3 is 2.79 bits per heavy atom. The molecule has 1 N–H and O–H groups in total. The molecule has 0 bridgehead atoms. The van der Waals surface area contributed by atoms with Crippen LogP contribution in [0.3, 0.4) is 0 Å². The Labute approximate surface area is 179 Å². The standard InChI is InChI=1S/C19H12BrN5OS.ClH/c1-11-7-12(9-21)4-5-15(11)26-16-8-13(20)10-23-17(16)25-19-24-14-3-2-6-22-18(14)27-19;/h2-8,10H,1H3,(H,23,24,25);1H. The highest BCUT2D eigenvalue weighted by Gasteiger charge is 2.13. The molecule has 3 heterocycles. The lowest BCUT2D eigenvalue weighted by Gasteiger charge is -2.13. The number of thiazole rings is 1. The lowest BCUT2D eigenvalue weighted by atomic mass is 10.1. The van der Waals surface area contributed by atoms with Crippen molar-refractivity contribution in [3.63, 3.8) is 0 Å². The van der Waals surface area contributed by atoms with Crippen molar-refractivity contribution in [1.29, 1.82) is 5.26 Å². The van der Waals surface area contributed by atoms with E-state index >= 15 is 0 Å². The van der Waals surface area contributed by atoms with Gasteiger partial charge in [-0.2, -0.15) is 5.26 Å². The second kappa shape index (κ2) is 8.52. The highest BCUT2D eigenvalue weighted by molar-refractivity contribution is 9.10. The number of hydrogen-bond donors (Lipinski definition) is 1. The van der Waals surface area contributed by atoms with Crippen molar-refractivity contribution in [1.82, 2.24) is 15.0 Å². The zero-order chi connectivity index (χ0) is 18.8. The first-order chi connectivity index (χ1) is 13.1. The molecule has 0 unspecified atom stereocenters. The van der Waals surface area contributed by atoms with Crippen molar-refractivity contribution in [3.05, 3.63) is 64.4 Å². The van der Waals surface area contributed by atoms with Crippen molar-refractivity contribution in [2.45, 2.75) is 6.92 Å². The summed E-state index contributed by atoms with van der Waals surface area (Å²) >= 11 is 4.87. The van der Waals surface area contributed by atoms with E-state index in [4.69, 9.17) is 10.00 Å². The summed E-state index contributed by atoms with van der Waals surface area (Å²) in [5.41, 5.74) is 2.28. The third-order valence-corrected chi connectivity index (χ3v) is 5.06. The van der Waals surface area contributed by atoms with E-state index in [9.17, 15) is 0 Å². The third kappa shape index (κ3) is 4.22. The van der Waals surface area contributed by atoms with Gasteiger partial charge in [-0.25, -0.2) is 15.0 Å². The largest absolute Gasteiger partial charge is 0.453 e. The molecule has 6 nitrogen and oxygen atoms in total. The van der Waals surface area contributed by atoms with Crippen molar-refractivity contribution in [3.8, 4) is 17.6 Å². The number of fused-ring (bicyclic) bond motifs is 1. The van der Waals surface area contributed by atoms with Gasteiger partial charge in [0, 0.05) is 22.9 Å². The van der Waals surface area contributed by atoms with Gasteiger partial charge in [0.05, 0.1) is 11.6 Å². The smallest absolute Gasteiger partial charge is 0.191 e. The van der Waals surface area contributed by atoms with E-state index in [1.54, 1.807) is 30.6 Å². The van der Waals surface area contributed by atoms with Crippen LogP contribution < -0.4 is 10.1 Å². The SMILES string of the molecule is Cc1cc(C#N)ccc1Oc1cc(Br)cnc1Nc1nc2cccnc2s1.Cl. The monoisotopic (exact) mass is 473 g/mol. The van der Waals surface area contributed by atoms with Crippen LogP contribution in [0.4, 0.5) is 10.9 Å². The Morgan fingerprint density at radius 1 is 1.18 bits per heavy atom. The van der Waals surface area contributed by atoms with E-state index in [1.165, 1.54) is 11.3 Å². The van der Waals surface area contributed by atoms with Crippen molar-refractivity contribution in [2.75, 3.05) is 5.32 Å². The zero-order valence-corrected chi connectivity index (χ0v) is 17.7. The van der Waals surface area contributed by atoms with Gasteiger partial charge >= 0.3 is 0 Å². The summed E-state index contributed by atoms with van der Waals surface area (Å²) in [6, 6.07) is 13.0. The van der Waals surface area contributed by atoms with Crippen LogP contribution >= 0.6 is 39.7 Å². The number of benzene rings is 1. The van der Waals surface area contributed by atoms with Gasteiger partial charge in [-0.1, -0.05) is 11.3 Å². The summed E-state index contributed by atoms with van der Waals surface area (Å²) in [6.07, 6.45) is 3.43. The Kier molecular flexibility index (Phi) is 6.09. The van der Waals surface area contributed by atoms with Gasteiger partial charge in [-0.3, -0.25) is 0 Å². The van der Waals surface area contributed by atoms with E-state index in [0.29, 0.717) is 28.0 Å². The minimum absolute atomic E-state index is 0. The second-order valence-electron chi connectivity index (χ2n) is 5.67. The molecule has 140 valence electrons. The minimum Gasteiger partial charge on any atom is -0.453 e. The second-order valence-corrected chi connectivity index (χ2v) is 7.56. The van der Waals surface area contributed by atoms with E-state index in [1.807, 2.05) is 25.1 Å². The maximum atomic E-state index is 9.02. The molecule has 9 heteroatoms. The number of ether oxygens (including phenoxy) is 1. The summed E-state index contributed by atoms with van der Waals surface area (Å²) in [5.74, 6) is 1.74. The minimum atomic E-state index is 0. The first-order valence-electron chi connectivity index (χ1n) is 7.95. The third-order valence-electron chi connectivity index (χ3n) is 3.74. The van der Waals surface area contributed by atoms with E-state index in [2.05, 4.69) is 42.3 Å². The number of halogens is 2. The van der Waals surface area contributed by atoms with Crippen molar-refractivity contribution in [2.24, 2.45) is 0 Å². The number of nitrogens with one attached hydrogen (secondary N) is 1. The molecule has 0 atom stereocenters. The van der Waals surface area contributed by atoms with Crippen molar-refractivity contribution >= 4 is 61.0 Å². The fraction of sp³-hybridized carbons (Fsp3) is 0.0526. The number of pyridine rings is 2. The zero-order valence-electron chi connectivity index (χ0n) is 14.5. The highest BCUT2D eigenvalue weighted by Crippen LogP contribution is 2.35. The molecule has 0 aliphatic rings. The average molecular weight is 475 g/mol. The van der Waals surface area contributed by atoms with Crippen LogP contribution in [0.5, 0.6) is 11.5 Å². The molecule has 0 spiro atoms. The Bertz CT molecular complexity index is 1160. The summed E-state index contributed by atoms with van der Waals surface area (Å²) < 4.78 is 6.86. The van der Waals surface area contributed by atoms with E-state index in [-0.39, 0.29) is 12.4 Å². The van der Waals surface area contributed by atoms with Crippen LogP contribution in [0.25, 0.3) is 10.3 Å². The molecule has 0 saturated carbocycles. The topological polar surface area (TPSA) is 83.7 Å². The number of rotatable bonds is 4. The predicted octanol–water partition coefficient (Wildman–Crippen LogP) is 5.99. The summed E-state index contributed by atoms with van der Waals surface area (Å²) in [6.45, 7) is 1.90. The van der Waals surface area contributed by atoms with Gasteiger partial charge in [0.1, 0.15) is 16.1 Å². The maximum Gasteiger partial charge on any atom is 0.191 e. The molecule has 0 aliphatic heterocycles. The number of nitriles is 1. The molecule has 1 aromatic carbocycles. The molecule has 4 rings (SSSR count). The molecule has 3 aromatic heterocycles. The molecule has 0 saturated heterocycles. The molecule has 0 aliphatic carbocycles. The number of aromatic nitrogens is 3. The Morgan fingerprint density at radius 2 is 2.04 bits per heavy atom. The van der Waals surface area contributed by atoms with Crippen LogP contribution in [0.2, 0.25) is 0 Å². The molecular formula is C19H13BrClN5OS. The van der Waals surface area contributed by atoms with Gasteiger partial charge in [0.25, 0.3) is 0 Å². The van der Waals surface area contributed by atoms with Crippen LogP contribution in [0.1, 0.15) is 11.1 Å². The number of aryl methyl sites for hydroxylation is 1. The van der Waals surface area contributed by atoms with Crippen LogP contribution in [0, 0.1) is 18.3 Å². The highest BCUT2D eigenvalue weighted by atomic mass is 79.9. The lowest BCUT2D eigenvalue weighted by molar-refractivity contribution is 0.478. The maximum absolute atomic E-state index is 9.02. The average Bonchev–Trinajstić information content (AvgIpc) is 3.08. The van der Waals surface area contributed by atoms with Gasteiger partial charge < -0.3 is 10.1 Å². The van der Waals surface area contributed by atoms with Gasteiger partial charge in [-0.05, 0) is 58.7 Å². The van der Waals surface area contributed by atoms with Gasteiger partial charge in [0.2, 0.25) is 0 Å². The van der Waals surface area contributed by atoms with Crippen LogP contribution in [-0.2, 0) is 0 Å². The fourth-order valence-corrected chi connectivity index (χ4v) is 3.59. The molecule has 28 heavy (non-hydrogen) atoms. The molecule has 0 fully saturated rings. The fourth-order valence-electron chi connectivity index (χ4n) is 2.47. The molecular weight excluding hydrogens is 462 g/mol. The lowest BCUT2D eigenvalue weighted by Crippen LogP contribution is -1.98.